The van der Waals surface area contributed by atoms with Crippen LogP contribution in [0.25, 0.3) is 0 Å². The highest BCUT2D eigenvalue weighted by Gasteiger charge is 2.45. The van der Waals surface area contributed by atoms with Gasteiger partial charge in [-0.1, -0.05) is 44.0 Å². The standard InChI is InChI=1S/C27H35Cl2F3N4O4/c1-6-40-24(39)26(5)9-7-16(8-10-26)36-22(27(30,31)32)17(11-34-36)23(38)35(15-25(2,3)4)14-20(37)21-18(28)12-33-13-19(21)29/h11-13,16,20,37H,6-10,14-15H2,1-5H3/t16-,20?,26-. The van der Waals surface area contributed by atoms with E-state index in [1.165, 1.54) is 12.4 Å². The summed E-state index contributed by atoms with van der Waals surface area (Å²) >= 11 is 12.3. The highest BCUT2D eigenvalue weighted by Crippen LogP contribution is 2.44. The minimum Gasteiger partial charge on any atom is -0.466 e. The molecule has 2 aromatic rings. The van der Waals surface area contributed by atoms with E-state index in [1.807, 2.05) is 20.8 Å². The second-order valence-corrected chi connectivity index (χ2v) is 12.5. The summed E-state index contributed by atoms with van der Waals surface area (Å²) in [4.78, 5) is 31.1. The fourth-order valence-corrected chi connectivity index (χ4v) is 5.69. The number of nitrogens with zero attached hydrogens (tertiary/aromatic N) is 4. The lowest BCUT2D eigenvalue weighted by molar-refractivity contribution is -0.157. The van der Waals surface area contributed by atoms with Crippen molar-refractivity contribution in [3.63, 3.8) is 0 Å². The predicted octanol–water partition coefficient (Wildman–Crippen LogP) is 6.51. The molecule has 0 aromatic carbocycles. The van der Waals surface area contributed by atoms with E-state index < -0.39 is 46.3 Å². The zero-order valence-electron chi connectivity index (χ0n) is 23.2. The minimum atomic E-state index is -4.88. The second-order valence-electron chi connectivity index (χ2n) is 11.6. The lowest BCUT2D eigenvalue weighted by atomic mass is 9.74. The third-order valence-electron chi connectivity index (χ3n) is 7.04. The van der Waals surface area contributed by atoms with E-state index in [2.05, 4.69) is 10.1 Å². The van der Waals surface area contributed by atoms with Gasteiger partial charge in [0.15, 0.2) is 5.69 Å². The van der Waals surface area contributed by atoms with Gasteiger partial charge in [0.25, 0.3) is 5.91 Å². The van der Waals surface area contributed by atoms with Crippen molar-refractivity contribution in [1.82, 2.24) is 19.7 Å². The molecule has 1 fully saturated rings. The maximum Gasteiger partial charge on any atom is 0.433 e. The van der Waals surface area contributed by atoms with Crippen molar-refractivity contribution in [2.45, 2.75) is 78.6 Å². The summed E-state index contributed by atoms with van der Waals surface area (Å²) in [6, 6.07) is -0.656. The molecule has 0 bridgehead atoms. The van der Waals surface area contributed by atoms with Crippen molar-refractivity contribution < 1.29 is 32.6 Å². The molecule has 1 amide bonds. The van der Waals surface area contributed by atoms with E-state index >= 15 is 0 Å². The lowest BCUT2D eigenvalue weighted by Crippen LogP contribution is -2.41. The summed E-state index contributed by atoms with van der Waals surface area (Å²) in [6.45, 7) is 8.82. The number of halogens is 5. The molecule has 13 heteroatoms. The summed E-state index contributed by atoms with van der Waals surface area (Å²) in [5, 5.41) is 15.1. The Labute approximate surface area is 241 Å². The van der Waals surface area contributed by atoms with Gasteiger partial charge in [0.1, 0.15) is 0 Å². The Morgan fingerprint density at radius 2 is 1.75 bits per heavy atom. The highest BCUT2D eigenvalue weighted by atomic mass is 35.5. The molecule has 2 aromatic heterocycles. The Morgan fingerprint density at radius 3 is 2.25 bits per heavy atom. The molecular weight excluding hydrogens is 572 g/mol. The predicted molar refractivity (Wildman–Crippen MR) is 144 cm³/mol. The molecular formula is C27H35Cl2F3N4O4. The van der Waals surface area contributed by atoms with E-state index in [9.17, 15) is 27.9 Å². The third-order valence-corrected chi connectivity index (χ3v) is 7.64. The van der Waals surface area contributed by atoms with E-state index in [-0.39, 0.29) is 54.1 Å². The minimum absolute atomic E-state index is 0.0347. The van der Waals surface area contributed by atoms with E-state index in [4.69, 9.17) is 27.9 Å². The first-order valence-corrected chi connectivity index (χ1v) is 13.8. The third kappa shape index (κ3) is 7.28. The van der Waals surface area contributed by atoms with Crippen LogP contribution in [0.4, 0.5) is 13.2 Å². The van der Waals surface area contributed by atoms with Crippen LogP contribution in [0.3, 0.4) is 0 Å². The van der Waals surface area contributed by atoms with Crippen LogP contribution in [0.2, 0.25) is 10.0 Å². The Kier molecular flexibility index (Phi) is 9.84. The first kappa shape index (κ1) is 32.1. The van der Waals surface area contributed by atoms with Gasteiger partial charge in [-0.3, -0.25) is 19.3 Å². The van der Waals surface area contributed by atoms with Crippen molar-refractivity contribution in [1.29, 1.82) is 0 Å². The molecule has 1 N–H and O–H groups in total. The van der Waals surface area contributed by atoms with Crippen molar-refractivity contribution in [3.8, 4) is 0 Å². The quantitative estimate of drug-likeness (QED) is 0.344. The number of carbonyl (C=O) groups is 2. The topological polar surface area (TPSA) is 97.6 Å². The van der Waals surface area contributed by atoms with E-state index in [0.29, 0.717) is 12.8 Å². The van der Waals surface area contributed by atoms with Crippen molar-refractivity contribution in [2.24, 2.45) is 10.8 Å². The molecule has 0 aliphatic heterocycles. The second kappa shape index (κ2) is 12.2. The maximum atomic E-state index is 14.5. The number of hydrogen-bond donors (Lipinski definition) is 1. The molecule has 222 valence electrons. The monoisotopic (exact) mass is 606 g/mol. The summed E-state index contributed by atoms with van der Waals surface area (Å²) in [7, 11) is 0. The Bertz CT molecular complexity index is 1200. The van der Waals surface area contributed by atoms with Gasteiger partial charge in [0.2, 0.25) is 0 Å². The van der Waals surface area contributed by atoms with Gasteiger partial charge < -0.3 is 14.7 Å². The van der Waals surface area contributed by atoms with Crippen LogP contribution in [-0.4, -0.2) is 56.3 Å². The van der Waals surface area contributed by atoms with Crippen LogP contribution in [0, 0.1) is 10.8 Å². The Morgan fingerprint density at radius 1 is 1.18 bits per heavy atom. The molecule has 0 radical (unpaired) electrons. The first-order chi connectivity index (χ1) is 18.5. The fraction of sp³-hybridized carbons (Fsp3) is 0.630. The van der Waals surface area contributed by atoms with E-state index in [0.717, 1.165) is 15.8 Å². The number of aliphatic hydroxyl groups is 1. The molecule has 1 atom stereocenters. The largest absolute Gasteiger partial charge is 0.466 e. The number of aromatic nitrogens is 3. The van der Waals surface area contributed by atoms with Gasteiger partial charge in [-0.15, -0.1) is 0 Å². The first-order valence-electron chi connectivity index (χ1n) is 13.1. The number of hydrogen-bond acceptors (Lipinski definition) is 6. The van der Waals surface area contributed by atoms with Crippen LogP contribution in [0.15, 0.2) is 18.6 Å². The van der Waals surface area contributed by atoms with Crippen molar-refractivity contribution in [2.75, 3.05) is 19.7 Å². The number of amides is 1. The van der Waals surface area contributed by atoms with Crippen molar-refractivity contribution in [3.05, 3.63) is 45.5 Å². The average Bonchev–Trinajstić information content (AvgIpc) is 3.29. The van der Waals surface area contributed by atoms with Crippen LogP contribution in [0.5, 0.6) is 0 Å². The zero-order valence-corrected chi connectivity index (χ0v) is 24.7. The molecule has 0 spiro atoms. The summed E-state index contributed by atoms with van der Waals surface area (Å²) in [6.07, 6.45) is -1.59. The molecule has 0 saturated heterocycles. The number of ether oxygens (including phenoxy) is 1. The summed E-state index contributed by atoms with van der Waals surface area (Å²) < 4.78 is 49.4. The molecule has 2 heterocycles. The number of aliphatic hydroxyl groups excluding tert-OH is 1. The van der Waals surface area contributed by atoms with Crippen LogP contribution < -0.4 is 0 Å². The fourth-order valence-electron chi connectivity index (χ4n) is 5.07. The number of pyridine rings is 1. The molecule has 1 unspecified atom stereocenters. The van der Waals surface area contributed by atoms with Gasteiger partial charge in [-0.2, -0.15) is 18.3 Å². The smallest absolute Gasteiger partial charge is 0.433 e. The molecule has 1 aliphatic carbocycles. The molecule has 1 aliphatic rings. The number of carbonyl (C=O) groups excluding carboxylic acids is 2. The van der Waals surface area contributed by atoms with Crippen molar-refractivity contribution >= 4 is 35.1 Å². The van der Waals surface area contributed by atoms with Gasteiger partial charge in [0.05, 0.1) is 52.5 Å². The van der Waals surface area contributed by atoms with Gasteiger partial charge in [-0.25, -0.2) is 0 Å². The Hall–Kier alpha value is -2.37. The van der Waals surface area contributed by atoms with Gasteiger partial charge in [-0.05, 0) is 44.9 Å². The molecule has 1 saturated carbocycles. The van der Waals surface area contributed by atoms with Crippen LogP contribution in [0.1, 0.15) is 94.1 Å². The van der Waals surface area contributed by atoms with Crippen LogP contribution >= 0.6 is 23.2 Å². The Balaban J connectivity index is 1.95. The normalized spacial score (nSPS) is 20.7. The van der Waals surface area contributed by atoms with Crippen LogP contribution in [-0.2, 0) is 15.7 Å². The number of esters is 1. The zero-order chi connectivity index (χ0) is 30.0. The SMILES string of the molecule is CCOC(=O)[C@]1(C)CC[C@@H](n2ncc(C(=O)N(CC(O)c3c(Cl)cncc3Cl)CC(C)(C)C)c2C(F)(F)F)CC1. The van der Waals surface area contributed by atoms with Gasteiger partial charge >= 0.3 is 12.1 Å². The lowest BCUT2D eigenvalue weighted by Gasteiger charge is -2.36. The highest BCUT2D eigenvalue weighted by molar-refractivity contribution is 6.35. The maximum absolute atomic E-state index is 14.5. The molecule has 8 nitrogen and oxygen atoms in total. The number of alkyl halides is 3. The number of rotatable bonds is 8. The summed E-state index contributed by atoms with van der Waals surface area (Å²) in [5.41, 5.74) is -2.95. The molecule has 3 rings (SSSR count). The summed E-state index contributed by atoms with van der Waals surface area (Å²) in [5.74, 6) is -1.30. The molecule has 40 heavy (non-hydrogen) atoms. The average molecular weight is 608 g/mol. The van der Waals surface area contributed by atoms with Gasteiger partial charge in [0, 0.05) is 24.5 Å². The van der Waals surface area contributed by atoms with E-state index in [1.54, 1.807) is 13.8 Å².